The Morgan fingerprint density at radius 1 is 1.36 bits per heavy atom. The number of amides is 1. The van der Waals surface area contributed by atoms with Crippen molar-refractivity contribution >= 4 is 29.9 Å². The van der Waals surface area contributed by atoms with Crippen LogP contribution in [-0.4, -0.2) is 39.3 Å². The molecule has 0 bridgehead atoms. The predicted molar refractivity (Wildman–Crippen MR) is 91.8 cm³/mol. The lowest BCUT2D eigenvalue weighted by atomic mass is 9.78. The minimum Gasteiger partial charge on any atom is -0.384 e. The Labute approximate surface area is 143 Å². The van der Waals surface area contributed by atoms with Crippen LogP contribution in [0.15, 0.2) is 24.3 Å². The Bertz CT molecular complexity index is 471. The lowest BCUT2D eigenvalue weighted by molar-refractivity contribution is -0.136. The fraction of sp³-hybridized carbons (Fsp3) is 0.562. The highest BCUT2D eigenvalue weighted by atomic mass is 35.5. The number of benzene rings is 1. The van der Waals surface area contributed by atoms with Crippen LogP contribution in [-0.2, 0) is 16.0 Å². The zero-order valence-corrected chi connectivity index (χ0v) is 14.4. The summed E-state index contributed by atoms with van der Waals surface area (Å²) in [4.78, 5) is 12.5. The van der Waals surface area contributed by atoms with E-state index < -0.39 is 0 Å². The van der Waals surface area contributed by atoms with E-state index in [9.17, 15) is 4.79 Å². The zero-order chi connectivity index (χ0) is 15.1. The van der Waals surface area contributed by atoms with Gasteiger partial charge in [0.2, 0.25) is 5.91 Å². The Hall–Kier alpha value is -0.810. The highest BCUT2D eigenvalue weighted by Crippen LogP contribution is 2.29. The van der Waals surface area contributed by atoms with Gasteiger partial charge in [-0.3, -0.25) is 4.79 Å². The summed E-state index contributed by atoms with van der Waals surface area (Å²) in [5, 5.41) is 7.09. The minimum absolute atomic E-state index is 0. The molecule has 1 aromatic rings. The van der Waals surface area contributed by atoms with Crippen molar-refractivity contribution in [3.8, 4) is 0 Å². The molecule has 2 N–H and O–H groups in total. The predicted octanol–water partition coefficient (Wildman–Crippen LogP) is 2.44. The number of ether oxygens (including phenoxy) is 1. The van der Waals surface area contributed by atoms with Crippen molar-refractivity contribution in [1.82, 2.24) is 10.6 Å². The number of halogens is 2. The Balaban J connectivity index is 0.00000242. The van der Waals surface area contributed by atoms with Gasteiger partial charge in [-0.25, -0.2) is 0 Å². The van der Waals surface area contributed by atoms with E-state index in [-0.39, 0.29) is 23.7 Å². The van der Waals surface area contributed by atoms with Gasteiger partial charge < -0.3 is 15.4 Å². The molecule has 1 fully saturated rings. The molecule has 1 saturated heterocycles. The first-order valence-corrected chi connectivity index (χ1v) is 7.77. The lowest BCUT2D eigenvalue weighted by Crippen LogP contribution is -2.50. The normalized spacial score (nSPS) is 16.6. The molecule has 0 radical (unpaired) electrons. The van der Waals surface area contributed by atoms with Gasteiger partial charge >= 0.3 is 0 Å². The first-order chi connectivity index (χ1) is 10.2. The first kappa shape index (κ1) is 19.2. The number of methoxy groups -OCH3 is 1. The second-order valence-corrected chi connectivity index (χ2v) is 5.97. The van der Waals surface area contributed by atoms with Crippen LogP contribution in [0.1, 0.15) is 18.4 Å². The van der Waals surface area contributed by atoms with Crippen molar-refractivity contribution < 1.29 is 9.53 Å². The molecule has 124 valence electrons. The van der Waals surface area contributed by atoms with E-state index in [1.165, 1.54) is 0 Å². The van der Waals surface area contributed by atoms with Crippen LogP contribution < -0.4 is 10.6 Å². The van der Waals surface area contributed by atoms with Gasteiger partial charge in [-0.05, 0) is 44.0 Å². The topological polar surface area (TPSA) is 50.4 Å². The molecular formula is C16H24Cl2N2O2. The quantitative estimate of drug-likeness (QED) is 0.831. The maximum Gasteiger partial charge on any atom is 0.228 e. The third kappa shape index (κ3) is 4.85. The van der Waals surface area contributed by atoms with Crippen molar-refractivity contribution in [2.24, 2.45) is 5.41 Å². The van der Waals surface area contributed by atoms with Crippen LogP contribution in [0.5, 0.6) is 0 Å². The average Bonchev–Trinajstić information content (AvgIpc) is 2.50. The number of carbonyl (C=O) groups excluding carboxylic acids is 1. The van der Waals surface area contributed by atoms with Crippen LogP contribution in [0.3, 0.4) is 0 Å². The molecule has 2 rings (SSSR count). The summed E-state index contributed by atoms with van der Waals surface area (Å²) in [5.41, 5.74) is 0.672. The summed E-state index contributed by atoms with van der Waals surface area (Å²) in [6.45, 7) is 2.80. The van der Waals surface area contributed by atoms with E-state index in [0.29, 0.717) is 13.2 Å². The number of hydrogen-bond donors (Lipinski definition) is 2. The van der Waals surface area contributed by atoms with Gasteiger partial charge in [0.05, 0.1) is 12.0 Å². The van der Waals surface area contributed by atoms with E-state index >= 15 is 0 Å². The second-order valence-electron chi connectivity index (χ2n) is 5.56. The van der Waals surface area contributed by atoms with Gasteiger partial charge in [0, 0.05) is 18.7 Å². The maximum absolute atomic E-state index is 12.5. The van der Waals surface area contributed by atoms with Crippen LogP contribution in [0.25, 0.3) is 0 Å². The molecular weight excluding hydrogens is 323 g/mol. The van der Waals surface area contributed by atoms with Crippen molar-refractivity contribution in [2.75, 3.05) is 33.4 Å². The minimum atomic E-state index is -0.388. The van der Waals surface area contributed by atoms with Gasteiger partial charge in [0.1, 0.15) is 0 Å². The number of piperidine rings is 1. The smallest absolute Gasteiger partial charge is 0.228 e. The molecule has 1 heterocycles. The number of carbonyl (C=O) groups is 1. The van der Waals surface area contributed by atoms with Gasteiger partial charge in [0.15, 0.2) is 0 Å². The Morgan fingerprint density at radius 2 is 2.05 bits per heavy atom. The molecule has 22 heavy (non-hydrogen) atoms. The van der Waals surface area contributed by atoms with Crippen LogP contribution in [0.4, 0.5) is 0 Å². The molecule has 1 amide bonds. The highest BCUT2D eigenvalue weighted by molar-refractivity contribution is 6.31. The van der Waals surface area contributed by atoms with Gasteiger partial charge in [-0.15, -0.1) is 12.4 Å². The number of hydrogen-bond acceptors (Lipinski definition) is 3. The third-order valence-electron chi connectivity index (χ3n) is 4.10. The second kappa shape index (κ2) is 9.36. The lowest BCUT2D eigenvalue weighted by Gasteiger charge is -2.35. The summed E-state index contributed by atoms with van der Waals surface area (Å²) in [6.07, 6.45) is 2.38. The molecule has 0 aromatic heterocycles. The molecule has 0 spiro atoms. The van der Waals surface area contributed by atoms with Gasteiger partial charge in [-0.1, -0.05) is 29.8 Å². The van der Waals surface area contributed by atoms with Crippen LogP contribution in [0, 0.1) is 5.41 Å². The van der Waals surface area contributed by atoms with E-state index in [1.54, 1.807) is 7.11 Å². The third-order valence-corrected chi connectivity index (χ3v) is 4.47. The van der Waals surface area contributed by atoms with Crippen molar-refractivity contribution in [2.45, 2.75) is 19.3 Å². The van der Waals surface area contributed by atoms with E-state index in [0.717, 1.165) is 42.9 Å². The fourth-order valence-electron chi connectivity index (χ4n) is 2.82. The van der Waals surface area contributed by atoms with Gasteiger partial charge in [-0.2, -0.15) is 0 Å². The van der Waals surface area contributed by atoms with Crippen LogP contribution in [0.2, 0.25) is 5.02 Å². The van der Waals surface area contributed by atoms with Crippen molar-refractivity contribution in [1.29, 1.82) is 0 Å². The van der Waals surface area contributed by atoms with E-state index in [2.05, 4.69) is 10.6 Å². The standard InChI is InChI=1S/C16H23ClN2O2.ClH/c1-21-12-16(7-10-18-11-8-16)15(20)19-9-6-13-4-2-3-5-14(13)17;/h2-5,18H,6-12H2,1H3,(H,19,20);1H. The van der Waals surface area contributed by atoms with E-state index in [4.69, 9.17) is 16.3 Å². The SMILES string of the molecule is COCC1(C(=O)NCCc2ccccc2Cl)CCNCC1.Cl. The van der Waals surface area contributed by atoms with Gasteiger partial charge in [0.25, 0.3) is 0 Å². The molecule has 0 atom stereocenters. The van der Waals surface area contributed by atoms with Crippen molar-refractivity contribution in [3.63, 3.8) is 0 Å². The molecule has 0 saturated carbocycles. The Morgan fingerprint density at radius 3 is 2.68 bits per heavy atom. The summed E-state index contributed by atoms with van der Waals surface area (Å²) in [6, 6.07) is 7.73. The summed E-state index contributed by atoms with van der Waals surface area (Å²) >= 11 is 6.12. The highest BCUT2D eigenvalue weighted by Gasteiger charge is 2.39. The monoisotopic (exact) mass is 346 g/mol. The Kier molecular flexibility index (Phi) is 8.18. The summed E-state index contributed by atoms with van der Waals surface area (Å²) in [5.74, 6) is 0.0953. The van der Waals surface area contributed by atoms with E-state index in [1.807, 2.05) is 24.3 Å². The molecule has 0 aliphatic carbocycles. The summed E-state index contributed by atoms with van der Waals surface area (Å²) in [7, 11) is 1.65. The first-order valence-electron chi connectivity index (χ1n) is 7.39. The number of nitrogens with one attached hydrogen (secondary N) is 2. The molecule has 1 aliphatic rings. The maximum atomic E-state index is 12.5. The summed E-state index contributed by atoms with van der Waals surface area (Å²) < 4.78 is 5.28. The molecule has 1 aromatic carbocycles. The molecule has 6 heteroatoms. The molecule has 0 unspecified atom stereocenters. The fourth-order valence-corrected chi connectivity index (χ4v) is 3.05. The van der Waals surface area contributed by atoms with Crippen molar-refractivity contribution in [3.05, 3.63) is 34.9 Å². The zero-order valence-electron chi connectivity index (χ0n) is 12.9. The van der Waals surface area contributed by atoms with Crippen LogP contribution >= 0.6 is 24.0 Å². The number of rotatable bonds is 6. The molecule has 4 nitrogen and oxygen atoms in total. The average molecular weight is 347 g/mol. The largest absolute Gasteiger partial charge is 0.384 e. The molecule has 1 aliphatic heterocycles.